The van der Waals surface area contributed by atoms with E-state index in [1.54, 1.807) is 0 Å². The normalized spacial score (nSPS) is 14.5. The summed E-state index contributed by atoms with van der Waals surface area (Å²) in [5.74, 6) is -0.197. The molecule has 26 heavy (non-hydrogen) atoms. The zero-order chi connectivity index (χ0) is 18.3. The first-order chi connectivity index (χ1) is 12.5. The third kappa shape index (κ3) is 3.13. The van der Waals surface area contributed by atoms with E-state index in [1.807, 2.05) is 36.4 Å². The maximum absolute atomic E-state index is 12.3. The number of amides is 2. The van der Waals surface area contributed by atoms with Gasteiger partial charge in [0, 0.05) is 57.8 Å². The van der Waals surface area contributed by atoms with Gasteiger partial charge < -0.3 is 4.57 Å². The standard InChI is InChI=1S/C19H17Cl2N3O2/c20-12-3-5-16-14(10-12)15-11-13(21)4-6-17(15)23(16)9-7-18(25)22-24-8-1-2-19(24)26/h3-6,10-11H,1-2,7-9H2,(H,22,25). The van der Waals surface area contributed by atoms with Crippen molar-refractivity contribution in [2.75, 3.05) is 6.54 Å². The summed E-state index contributed by atoms with van der Waals surface area (Å²) in [6.45, 7) is 1.08. The third-order valence-electron chi connectivity index (χ3n) is 4.68. The van der Waals surface area contributed by atoms with Gasteiger partial charge in [-0.15, -0.1) is 0 Å². The molecule has 1 aromatic heterocycles. The molecule has 5 nitrogen and oxygen atoms in total. The van der Waals surface area contributed by atoms with Crippen molar-refractivity contribution in [3.05, 3.63) is 46.4 Å². The maximum atomic E-state index is 12.3. The topological polar surface area (TPSA) is 54.3 Å². The number of aromatic nitrogens is 1. The van der Waals surface area contributed by atoms with Crippen molar-refractivity contribution < 1.29 is 9.59 Å². The molecule has 0 atom stereocenters. The number of nitrogens with one attached hydrogen (secondary N) is 1. The fourth-order valence-corrected chi connectivity index (χ4v) is 3.82. The van der Waals surface area contributed by atoms with Gasteiger partial charge in [0.05, 0.1) is 0 Å². The molecule has 1 N–H and O–H groups in total. The van der Waals surface area contributed by atoms with Crippen molar-refractivity contribution in [3.63, 3.8) is 0 Å². The van der Waals surface area contributed by atoms with E-state index in [-0.39, 0.29) is 18.2 Å². The molecule has 1 aliphatic rings. The fourth-order valence-electron chi connectivity index (χ4n) is 3.48. The van der Waals surface area contributed by atoms with Gasteiger partial charge in [0.1, 0.15) is 0 Å². The Morgan fingerprint density at radius 1 is 1.04 bits per heavy atom. The van der Waals surface area contributed by atoms with Crippen LogP contribution in [0.15, 0.2) is 36.4 Å². The molecule has 2 heterocycles. The SMILES string of the molecule is O=C(CCn1c2ccc(Cl)cc2c2cc(Cl)ccc21)NN1CCCC1=O. The molecule has 1 fully saturated rings. The van der Waals surface area contributed by atoms with Crippen molar-refractivity contribution in [2.45, 2.75) is 25.8 Å². The largest absolute Gasteiger partial charge is 0.340 e. The van der Waals surface area contributed by atoms with E-state index in [9.17, 15) is 9.59 Å². The van der Waals surface area contributed by atoms with Gasteiger partial charge in [0.2, 0.25) is 11.8 Å². The minimum absolute atomic E-state index is 0.0282. The van der Waals surface area contributed by atoms with Crippen LogP contribution < -0.4 is 5.43 Å². The lowest BCUT2D eigenvalue weighted by atomic mass is 10.1. The minimum Gasteiger partial charge on any atom is -0.340 e. The van der Waals surface area contributed by atoms with Gasteiger partial charge in [0.25, 0.3) is 0 Å². The molecule has 1 saturated heterocycles. The summed E-state index contributed by atoms with van der Waals surface area (Å²) in [6, 6.07) is 11.4. The van der Waals surface area contributed by atoms with Gasteiger partial charge in [0.15, 0.2) is 0 Å². The van der Waals surface area contributed by atoms with Crippen LogP contribution >= 0.6 is 23.2 Å². The van der Waals surface area contributed by atoms with Crippen LogP contribution in [0.1, 0.15) is 19.3 Å². The highest BCUT2D eigenvalue weighted by Crippen LogP contribution is 2.33. The second-order valence-corrected chi connectivity index (χ2v) is 7.28. The number of aryl methyl sites for hydroxylation is 1. The second kappa shape index (κ2) is 6.82. The van der Waals surface area contributed by atoms with Crippen molar-refractivity contribution in [2.24, 2.45) is 0 Å². The van der Waals surface area contributed by atoms with E-state index in [1.165, 1.54) is 5.01 Å². The molecule has 0 bridgehead atoms. The van der Waals surface area contributed by atoms with Crippen LogP contribution in [0.5, 0.6) is 0 Å². The van der Waals surface area contributed by atoms with Crippen molar-refractivity contribution in [1.29, 1.82) is 0 Å². The number of benzene rings is 2. The molecule has 134 valence electrons. The van der Waals surface area contributed by atoms with Crippen LogP contribution in [0.2, 0.25) is 10.0 Å². The molecule has 0 spiro atoms. The zero-order valence-electron chi connectivity index (χ0n) is 14.0. The minimum atomic E-state index is -0.168. The monoisotopic (exact) mass is 389 g/mol. The van der Waals surface area contributed by atoms with E-state index < -0.39 is 0 Å². The molecular formula is C19H17Cl2N3O2. The average Bonchev–Trinajstić information content (AvgIpc) is 3.14. The van der Waals surface area contributed by atoms with Gasteiger partial charge in [-0.3, -0.25) is 20.0 Å². The second-order valence-electron chi connectivity index (χ2n) is 6.41. The van der Waals surface area contributed by atoms with E-state index in [4.69, 9.17) is 23.2 Å². The van der Waals surface area contributed by atoms with Crippen LogP contribution in [0.4, 0.5) is 0 Å². The first kappa shape index (κ1) is 17.2. The summed E-state index contributed by atoms with van der Waals surface area (Å²) in [5.41, 5.74) is 4.69. The van der Waals surface area contributed by atoms with Gasteiger partial charge in [-0.2, -0.15) is 0 Å². The van der Waals surface area contributed by atoms with Gasteiger partial charge in [-0.05, 0) is 42.8 Å². The lowest BCUT2D eigenvalue weighted by Gasteiger charge is -2.17. The fraction of sp³-hybridized carbons (Fsp3) is 0.263. The Morgan fingerprint density at radius 2 is 1.65 bits per heavy atom. The zero-order valence-corrected chi connectivity index (χ0v) is 15.5. The number of hydrogen-bond acceptors (Lipinski definition) is 2. The Kier molecular flexibility index (Phi) is 4.51. The number of carbonyl (C=O) groups is 2. The summed E-state index contributed by atoms with van der Waals surface area (Å²) >= 11 is 12.3. The molecular weight excluding hydrogens is 373 g/mol. The van der Waals surface area contributed by atoms with Crippen molar-refractivity contribution >= 4 is 56.8 Å². The highest BCUT2D eigenvalue weighted by Gasteiger charge is 2.22. The third-order valence-corrected chi connectivity index (χ3v) is 5.15. The molecule has 2 amide bonds. The number of hydrogen-bond donors (Lipinski definition) is 1. The lowest BCUT2D eigenvalue weighted by molar-refractivity contribution is -0.138. The van der Waals surface area contributed by atoms with Gasteiger partial charge in [-0.1, -0.05) is 23.2 Å². The molecule has 0 radical (unpaired) electrons. The van der Waals surface area contributed by atoms with Crippen LogP contribution in [0.3, 0.4) is 0 Å². The van der Waals surface area contributed by atoms with E-state index in [0.717, 1.165) is 28.2 Å². The molecule has 3 aromatic rings. The quantitative estimate of drug-likeness (QED) is 0.728. The van der Waals surface area contributed by atoms with Crippen LogP contribution in [-0.4, -0.2) is 27.9 Å². The first-order valence-corrected chi connectivity index (χ1v) is 9.25. The highest BCUT2D eigenvalue weighted by molar-refractivity contribution is 6.33. The number of nitrogens with zero attached hydrogens (tertiary/aromatic N) is 2. The van der Waals surface area contributed by atoms with E-state index >= 15 is 0 Å². The molecule has 4 rings (SSSR count). The lowest BCUT2D eigenvalue weighted by Crippen LogP contribution is -2.43. The Hall–Kier alpha value is -2.24. The van der Waals surface area contributed by atoms with Crippen LogP contribution in [-0.2, 0) is 16.1 Å². The summed E-state index contributed by atoms with van der Waals surface area (Å²) in [4.78, 5) is 23.9. The van der Waals surface area contributed by atoms with Gasteiger partial charge >= 0.3 is 0 Å². The Bertz CT molecular complexity index is 969. The number of rotatable bonds is 4. The van der Waals surface area contributed by atoms with Crippen LogP contribution in [0.25, 0.3) is 21.8 Å². The molecule has 0 aliphatic carbocycles. The van der Waals surface area contributed by atoms with E-state index in [0.29, 0.717) is 29.6 Å². The van der Waals surface area contributed by atoms with Crippen molar-refractivity contribution in [1.82, 2.24) is 15.0 Å². The summed E-state index contributed by atoms with van der Waals surface area (Å²) in [6.07, 6.45) is 1.55. The maximum Gasteiger partial charge on any atom is 0.241 e. The van der Waals surface area contributed by atoms with E-state index in [2.05, 4.69) is 9.99 Å². The molecule has 1 aliphatic heterocycles. The number of fused-ring (bicyclic) bond motifs is 3. The molecule has 0 unspecified atom stereocenters. The number of carbonyl (C=O) groups excluding carboxylic acids is 2. The molecule has 2 aromatic carbocycles. The first-order valence-electron chi connectivity index (χ1n) is 8.50. The average molecular weight is 390 g/mol. The predicted octanol–water partition coefficient (Wildman–Crippen LogP) is 4.15. The summed E-state index contributed by atoms with van der Waals surface area (Å²) in [5, 5.41) is 4.73. The summed E-state index contributed by atoms with van der Waals surface area (Å²) < 4.78 is 2.09. The molecule has 0 saturated carbocycles. The summed E-state index contributed by atoms with van der Waals surface area (Å²) in [7, 11) is 0. The highest BCUT2D eigenvalue weighted by atomic mass is 35.5. The smallest absolute Gasteiger partial charge is 0.241 e. The Balaban J connectivity index is 1.63. The van der Waals surface area contributed by atoms with Crippen LogP contribution in [0, 0.1) is 0 Å². The molecule has 7 heteroatoms. The Labute approximate surface area is 160 Å². The Morgan fingerprint density at radius 3 is 2.19 bits per heavy atom. The predicted molar refractivity (Wildman–Crippen MR) is 103 cm³/mol. The van der Waals surface area contributed by atoms with Gasteiger partial charge in [-0.25, -0.2) is 0 Å². The number of halogens is 2. The van der Waals surface area contributed by atoms with Crippen molar-refractivity contribution in [3.8, 4) is 0 Å². The number of hydrazine groups is 1.